The van der Waals surface area contributed by atoms with Crippen LogP contribution in [0.25, 0.3) is 0 Å². The molecule has 0 spiro atoms. The molecule has 0 aliphatic carbocycles. The number of hydrogen-bond donors (Lipinski definition) is 3. The lowest BCUT2D eigenvalue weighted by molar-refractivity contribution is -0.136. The molecule has 2 fully saturated rings. The molecule has 1 unspecified atom stereocenters. The van der Waals surface area contributed by atoms with E-state index in [0.29, 0.717) is 27.7 Å². The van der Waals surface area contributed by atoms with Crippen LogP contribution >= 0.6 is 10.8 Å². The number of hydrogen-bond acceptors (Lipinski definition) is 8. The van der Waals surface area contributed by atoms with E-state index in [-0.39, 0.29) is 64.0 Å². The smallest absolute Gasteiger partial charge is 0.489 e. The van der Waals surface area contributed by atoms with Crippen molar-refractivity contribution in [2.45, 2.75) is 44.1 Å². The Morgan fingerprint density at radius 1 is 1.00 bits per heavy atom. The molecule has 0 bridgehead atoms. The normalized spacial score (nSPS) is 21.4. The number of carbonyl (C=O) groups is 3. The number of fused-ring (bicyclic) bond motifs is 1. The standard InChI is InChI=1S/C26H29F3N4O6S/c27-26(28,29)40(37,38)32-11-9-31(10-12-32)14-17-3-1-4-18(13-17)16-39-22-6-2-5-19-20(22)15-33(25(19)36)21-7-8-23(34)30-24(21)35/h1-6,13,21,37-38H,7-12,14-16H2,(H,30,34,35). The predicted molar refractivity (Wildman–Crippen MR) is 139 cm³/mol. The number of ether oxygens (including phenoxy) is 1. The van der Waals surface area contributed by atoms with Gasteiger partial charge in [0, 0.05) is 50.3 Å². The minimum Gasteiger partial charge on any atom is -0.489 e. The van der Waals surface area contributed by atoms with Crippen LogP contribution in [-0.2, 0) is 29.3 Å². The van der Waals surface area contributed by atoms with E-state index in [1.165, 1.54) is 4.90 Å². The van der Waals surface area contributed by atoms with Gasteiger partial charge in [-0.2, -0.15) is 17.5 Å². The summed E-state index contributed by atoms with van der Waals surface area (Å²) in [5.41, 5.74) is -2.17. The van der Waals surface area contributed by atoms with Gasteiger partial charge in [-0.15, -0.1) is 0 Å². The summed E-state index contributed by atoms with van der Waals surface area (Å²) in [5.74, 6) is -0.593. The van der Waals surface area contributed by atoms with Crippen LogP contribution in [0.4, 0.5) is 13.2 Å². The van der Waals surface area contributed by atoms with Crippen LogP contribution in [0.2, 0.25) is 0 Å². The van der Waals surface area contributed by atoms with E-state index < -0.39 is 28.2 Å². The second-order valence-corrected chi connectivity index (χ2v) is 12.0. The van der Waals surface area contributed by atoms with E-state index in [1.54, 1.807) is 18.2 Å². The third-order valence-electron chi connectivity index (χ3n) is 7.33. The van der Waals surface area contributed by atoms with Crippen LogP contribution in [0.3, 0.4) is 0 Å². The van der Waals surface area contributed by atoms with E-state index >= 15 is 0 Å². The minimum absolute atomic E-state index is 0.113. The Hall–Kier alpha value is -3.17. The zero-order chi connectivity index (χ0) is 28.7. The maximum absolute atomic E-state index is 13.0. The number of carbonyl (C=O) groups excluding carboxylic acids is 3. The van der Waals surface area contributed by atoms with Gasteiger partial charge in [-0.05, 0) is 40.5 Å². The highest BCUT2D eigenvalue weighted by Gasteiger charge is 2.50. The zero-order valence-electron chi connectivity index (χ0n) is 21.4. The van der Waals surface area contributed by atoms with E-state index in [4.69, 9.17) is 4.74 Å². The SMILES string of the molecule is O=C1CCC(N2Cc3c(OCc4cccc(CN5CCN(S(O)(O)C(F)(F)F)CC5)c4)cccc3C2=O)C(=O)N1. The topological polar surface area (TPSA) is 123 Å². The van der Waals surface area contributed by atoms with Gasteiger partial charge < -0.3 is 9.64 Å². The van der Waals surface area contributed by atoms with Crippen molar-refractivity contribution >= 4 is 28.5 Å². The number of imide groups is 1. The molecule has 3 aliphatic rings. The highest BCUT2D eigenvalue weighted by Crippen LogP contribution is 2.58. The summed E-state index contributed by atoms with van der Waals surface area (Å²) in [4.78, 5) is 40.3. The van der Waals surface area contributed by atoms with Crippen molar-refractivity contribution in [2.24, 2.45) is 0 Å². The molecular weight excluding hydrogens is 553 g/mol. The summed E-state index contributed by atoms with van der Waals surface area (Å²) in [6.07, 6.45) is 0.441. The van der Waals surface area contributed by atoms with E-state index in [1.807, 2.05) is 29.2 Å². The predicted octanol–water partition coefficient (Wildman–Crippen LogP) is 3.33. The Morgan fingerprint density at radius 2 is 1.70 bits per heavy atom. The molecule has 3 aliphatic heterocycles. The van der Waals surface area contributed by atoms with Gasteiger partial charge in [0.2, 0.25) is 11.8 Å². The fraction of sp³-hybridized carbons (Fsp3) is 0.423. The van der Waals surface area contributed by atoms with Gasteiger partial charge in [0.05, 0.1) is 6.54 Å². The molecule has 3 N–H and O–H groups in total. The minimum atomic E-state index is -5.08. The molecule has 1 atom stereocenters. The largest absolute Gasteiger partial charge is 0.510 e. The van der Waals surface area contributed by atoms with Crippen molar-refractivity contribution in [3.05, 3.63) is 64.7 Å². The van der Waals surface area contributed by atoms with Crippen molar-refractivity contribution in [3.63, 3.8) is 0 Å². The maximum atomic E-state index is 13.0. The summed E-state index contributed by atoms with van der Waals surface area (Å²) in [7, 11) is -4.83. The fourth-order valence-electron chi connectivity index (χ4n) is 5.22. The fourth-order valence-corrected chi connectivity index (χ4v) is 6.18. The van der Waals surface area contributed by atoms with Gasteiger partial charge >= 0.3 is 5.51 Å². The van der Waals surface area contributed by atoms with Crippen molar-refractivity contribution in [2.75, 3.05) is 26.2 Å². The summed E-state index contributed by atoms with van der Waals surface area (Å²) in [6, 6.07) is 12.0. The lowest BCUT2D eigenvalue weighted by atomic mass is 10.0. The quantitative estimate of drug-likeness (QED) is 0.425. The molecule has 0 radical (unpaired) electrons. The van der Waals surface area contributed by atoms with Gasteiger partial charge in [-0.25, -0.2) is 0 Å². The molecule has 3 amide bonds. The van der Waals surface area contributed by atoms with E-state index in [0.717, 1.165) is 11.1 Å². The molecule has 10 nitrogen and oxygen atoms in total. The van der Waals surface area contributed by atoms with Crippen LogP contribution in [0.1, 0.15) is 39.9 Å². The second kappa shape index (κ2) is 11.0. The molecule has 14 heteroatoms. The third-order valence-corrected chi connectivity index (χ3v) is 9.04. The average Bonchev–Trinajstić information content (AvgIpc) is 3.24. The van der Waals surface area contributed by atoms with Crippen molar-refractivity contribution in [3.8, 4) is 5.75 Å². The Bertz CT molecular complexity index is 1320. The molecule has 2 aromatic rings. The summed E-state index contributed by atoms with van der Waals surface area (Å²) in [5, 5.41) is 2.29. The van der Waals surface area contributed by atoms with Gasteiger partial charge in [0.1, 0.15) is 18.4 Å². The molecule has 216 valence electrons. The molecule has 0 aromatic heterocycles. The number of benzene rings is 2. The Morgan fingerprint density at radius 3 is 2.40 bits per heavy atom. The highest BCUT2D eigenvalue weighted by atomic mass is 32.3. The highest BCUT2D eigenvalue weighted by molar-refractivity contribution is 8.23. The number of halogens is 3. The first kappa shape index (κ1) is 28.4. The number of nitrogens with one attached hydrogen (secondary N) is 1. The molecule has 0 saturated carbocycles. The second-order valence-electron chi connectivity index (χ2n) is 9.96. The maximum Gasteiger partial charge on any atom is 0.510 e. The number of amides is 3. The summed E-state index contributed by atoms with van der Waals surface area (Å²) >= 11 is 0. The zero-order valence-corrected chi connectivity index (χ0v) is 22.2. The van der Waals surface area contributed by atoms with Gasteiger partial charge in [0.25, 0.3) is 5.91 Å². The molecule has 40 heavy (non-hydrogen) atoms. The number of nitrogens with zero attached hydrogens (tertiary/aromatic N) is 3. The molecule has 5 rings (SSSR count). The lowest BCUT2D eigenvalue weighted by Crippen LogP contribution is -2.52. The third kappa shape index (κ3) is 5.67. The van der Waals surface area contributed by atoms with Crippen molar-refractivity contribution < 1.29 is 41.4 Å². The van der Waals surface area contributed by atoms with Crippen LogP contribution in [-0.4, -0.2) is 78.7 Å². The molecule has 2 saturated heterocycles. The number of piperidine rings is 1. The summed E-state index contributed by atoms with van der Waals surface area (Å²) < 4.78 is 64.8. The number of alkyl halides is 3. The number of rotatable bonds is 7. The first-order valence-electron chi connectivity index (χ1n) is 12.7. The Balaban J connectivity index is 1.19. The van der Waals surface area contributed by atoms with Crippen LogP contribution in [0.5, 0.6) is 5.75 Å². The first-order valence-corrected chi connectivity index (χ1v) is 14.2. The van der Waals surface area contributed by atoms with Gasteiger partial charge in [0.15, 0.2) is 0 Å². The van der Waals surface area contributed by atoms with Crippen LogP contribution in [0.15, 0.2) is 42.5 Å². The van der Waals surface area contributed by atoms with Gasteiger partial charge in [-0.1, -0.05) is 30.3 Å². The van der Waals surface area contributed by atoms with Crippen LogP contribution in [0, 0.1) is 0 Å². The lowest BCUT2D eigenvalue weighted by Gasteiger charge is -2.46. The van der Waals surface area contributed by atoms with Crippen molar-refractivity contribution in [1.82, 2.24) is 19.4 Å². The molecular formula is C26H29F3N4O6S. The Labute approximate surface area is 230 Å². The number of piperazine rings is 1. The van der Waals surface area contributed by atoms with E-state index in [2.05, 4.69) is 5.32 Å². The van der Waals surface area contributed by atoms with Crippen LogP contribution < -0.4 is 10.1 Å². The van der Waals surface area contributed by atoms with Gasteiger partial charge in [-0.3, -0.25) is 33.7 Å². The molecule has 2 aromatic carbocycles. The molecule has 3 heterocycles. The first-order chi connectivity index (χ1) is 18.9. The summed E-state index contributed by atoms with van der Waals surface area (Å²) in [6.45, 7) is 1.15. The Kier molecular flexibility index (Phi) is 7.81. The monoisotopic (exact) mass is 582 g/mol. The van der Waals surface area contributed by atoms with E-state index in [9.17, 15) is 36.7 Å². The van der Waals surface area contributed by atoms with Crippen molar-refractivity contribution in [1.29, 1.82) is 0 Å². The average molecular weight is 583 g/mol.